The Labute approximate surface area is 109 Å². The molecule has 0 unspecified atom stereocenters. The van der Waals surface area contributed by atoms with Crippen LogP contribution in [-0.4, -0.2) is 31.0 Å². The first-order valence-corrected chi connectivity index (χ1v) is 6.43. The fraction of sp³-hybridized carbons (Fsp3) is 0.500. The first-order chi connectivity index (χ1) is 8.65. The van der Waals surface area contributed by atoms with Gasteiger partial charge >= 0.3 is 0 Å². The van der Waals surface area contributed by atoms with E-state index in [0.29, 0.717) is 18.5 Å². The molecule has 1 aliphatic rings. The average Bonchev–Trinajstić information content (AvgIpc) is 3.11. The van der Waals surface area contributed by atoms with Gasteiger partial charge in [-0.3, -0.25) is 0 Å². The summed E-state index contributed by atoms with van der Waals surface area (Å²) in [5.41, 5.74) is 8.40. The van der Waals surface area contributed by atoms with E-state index in [1.165, 1.54) is 24.0 Å². The fourth-order valence-corrected chi connectivity index (χ4v) is 1.86. The molecule has 1 aromatic rings. The van der Waals surface area contributed by atoms with Crippen LogP contribution in [0.3, 0.4) is 0 Å². The third kappa shape index (κ3) is 4.04. The number of nitrogens with two attached hydrogens (primary N) is 1. The molecule has 1 aromatic carbocycles. The minimum atomic E-state index is 0.561. The minimum absolute atomic E-state index is 0.561. The third-order valence-corrected chi connectivity index (χ3v) is 2.95. The monoisotopic (exact) mass is 246 g/mol. The molecule has 1 fully saturated rings. The fourth-order valence-electron chi connectivity index (χ4n) is 1.86. The van der Waals surface area contributed by atoms with Crippen molar-refractivity contribution in [1.82, 2.24) is 10.2 Å². The van der Waals surface area contributed by atoms with E-state index in [0.717, 1.165) is 6.54 Å². The van der Waals surface area contributed by atoms with Crippen LogP contribution in [0.25, 0.3) is 0 Å². The Balaban J connectivity index is 1.98. The maximum Gasteiger partial charge on any atom is 0.189 e. The van der Waals surface area contributed by atoms with Gasteiger partial charge in [-0.15, -0.1) is 0 Å². The molecule has 98 valence electrons. The van der Waals surface area contributed by atoms with E-state index in [9.17, 15) is 0 Å². The van der Waals surface area contributed by atoms with Crippen LogP contribution in [0.4, 0.5) is 0 Å². The van der Waals surface area contributed by atoms with Crippen LogP contribution in [0.15, 0.2) is 29.3 Å². The molecule has 1 saturated carbocycles. The van der Waals surface area contributed by atoms with Crippen molar-refractivity contribution in [2.45, 2.75) is 32.0 Å². The van der Waals surface area contributed by atoms with E-state index < -0.39 is 0 Å². The molecular weight excluding hydrogens is 224 g/mol. The molecule has 0 bridgehead atoms. The van der Waals surface area contributed by atoms with E-state index >= 15 is 0 Å². The van der Waals surface area contributed by atoms with E-state index in [-0.39, 0.29) is 0 Å². The molecule has 0 radical (unpaired) electrons. The topological polar surface area (TPSA) is 53.6 Å². The third-order valence-electron chi connectivity index (χ3n) is 2.95. The lowest BCUT2D eigenvalue weighted by atomic mass is 10.1. The standard InChI is InChI=1S/C14H22N4/c1-18(2)10-12-6-4-3-5-11(12)9-16-14(15)17-13-7-8-13/h3-6,13H,7-10H2,1-2H3,(H3,15,16,17). The number of hydrogen-bond donors (Lipinski definition) is 2. The summed E-state index contributed by atoms with van der Waals surface area (Å²) in [6, 6.07) is 8.94. The Bertz CT molecular complexity index is 422. The van der Waals surface area contributed by atoms with E-state index in [2.05, 4.69) is 53.6 Å². The molecule has 3 N–H and O–H groups in total. The molecule has 0 amide bonds. The van der Waals surface area contributed by atoms with Gasteiger partial charge in [0.2, 0.25) is 0 Å². The number of aliphatic imine (C=N–C) groups is 1. The number of nitrogens with zero attached hydrogens (tertiary/aromatic N) is 2. The second kappa shape index (κ2) is 5.87. The summed E-state index contributed by atoms with van der Waals surface area (Å²) >= 11 is 0. The highest BCUT2D eigenvalue weighted by Gasteiger charge is 2.21. The Morgan fingerprint density at radius 3 is 2.61 bits per heavy atom. The van der Waals surface area contributed by atoms with Crippen LogP contribution < -0.4 is 11.1 Å². The van der Waals surface area contributed by atoms with Gasteiger partial charge in [-0.1, -0.05) is 24.3 Å². The molecule has 0 saturated heterocycles. The highest BCUT2D eigenvalue weighted by molar-refractivity contribution is 5.78. The zero-order valence-electron chi connectivity index (χ0n) is 11.2. The lowest BCUT2D eigenvalue weighted by molar-refractivity contribution is 0.401. The number of benzene rings is 1. The zero-order chi connectivity index (χ0) is 13.0. The first kappa shape index (κ1) is 12.9. The molecule has 0 aromatic heterocycles. The van der Waals surface area contributed by atoms with Gasteiger partial charge in [0, 0.05) is 12.6 Å². The van der Waals surface area contributed by atoms with Crippen molar-refractivity contribution in [1.29, 1.82) is 0 Å². The zero-order valence-corrected chi connectivity index (χ0v) is 11.2. The molecule has 2 rings (SSSR count). The predicted octanol–water partition coefficient (Wildman–Crippen LogP) is 1.31. The predicted molar refractivity (Wildman–Crippen MR) is 75.3 cm³/mol. The Morgan fingerprint density at radius 1 is 1.33 bits per heavy atom. The van der Waals surface area contributed by atoms with Gasteiger partial charge in [0.05, 0.1) is 6.54 Å². The Morgan fingerprint density at radius 2 is 2.00 bits per heavy atom. The van der Waals surface area contributed by atoms with Gasteiger partial charge in [-0.2, -0.15) is 0 Å². The van der Waals surface area contributed by atoms with Crippen LogP contribution >= 0.6 is 0 Å². The van der Waals surface area contributed by atoms with Gasteiger partial charge in [0.15, 0.2) is 5.96 Å². The lowest BCUT2D eigenvalue weighted by Gasteiger charge is -2.13. The maximum atomic E-state index is 5.84. The summed E-state index contributed by atoms with van der Waals surface area (Å²) in [5.74, 6) is 0.567. The SMILES string of the molecule is CN(C)Cc1ccccc1CN=C(N)NC1CC1. The number of guanidine groups is 1. The largest absolute Gasteiger partial charge is 0.370 e. The van der Waals surface area contributed by atoms with Gasteiger partial charge in [-0.25, -0.2) is 4.99 Å². The molecule has 0 spiro atoms. The second-order valence-corrected chi connectivity index (χ2v) is 5.13. The Kier molecular flexibility index (Phi) is 4.20. The van der Waals surface area contributed by atoms with Crippen LogP contribution in [0, 0.1) is 0 Å². The highest BCUT2D eigenvalue weighted by atomic mass is 15.1. The summed E-state index contributed by atoms with van der Waals surface area (Å²) in [4.78, 5) is 6.57. The van der Waals surface area contributed by atoms with Crippen LogP contribution in [0.1, 0.15) is 24.0 Å². The van der Waals surface area contributed by atoms with E-state index in [1.54, 1.807) is 0 Å². The molecule has 4 nitrogen and oxygen atoms in total. The summed E-state index contributed by atoms with van der Waals surface area (Å²) < 4.78 is 0. The molecule has 0 aliphatic heterocycles. The maximum absolute atomic E-state index is 5.84. The Hall–Kier alpha value is -1.55. The summed E-state index contributed by atoms with van der Waals surface area (Å²) in [5, 5.41) is 3.20. The van der Waals surface area contributed by atoms with Crippen LogP contribution in [0.5, 0.6) is 0 Å². The molecule has 18 heavy (non-hydrogen) atoms. The van der Waals surface area contributed by atoms with Crippen LogP contribution in [-0.2, 0) is 13.1 Å². The van der Waals surface area contributed by atoms with Gasteiger partial charge in [0.25, 0.3) is 0 Å². The summed E-state index contributed by atoms with van der Waals surface area (Å²) in [6.45, 7) is 1.58. The smallest absolute Gasteiger partial charge is 0.189 e. The van der Waals surface area contributed by atoms with Crippen molar-refractivity contribution in [2.24, 2.45) is 10.7 Å². The second-order valence-electron chi connectivity index (χ2n) is 5.13. The van der Waals surface area contributed by atoms with E-state index in [1.807, 2.05) is 0 Å². The minimum Gasteiger partial charge on any atom is -0.370 e. The van der Waals surface area contributed by atoms with Crippen molar-refractivity contribution >= 4 is 5.96 Å². The van der Waals surface area contributed by atoms with Gasteiger partial charge in [-0.05, 0) is 38.1 Å². The molecule has 0 atom stereocenters. The highest BCUT2D eigenvalue weighted by Crippen LogP contribution is 2.18. The van der Waals surface area contributed by atoms with Crippen LogP contribution in [0.2, 0.25) is 0 Å². The van der Waals surface area contributed by atoms with Crippen molar-refractivity contribution in [3.05, 3.63) is 35.4 Å². The molecule has 4 heteroatoms. The first-order valence-electron chi connectivity index (χ1n) is 6.43. The normalized spacial score (nSPS) is 16.1. The average molecular weight is 246 g/mol. The number of nitrogens with one attached hydrogen (secondary N) is 1. The van der Waals surface area contributed by atoms with Gasteiger partial charge < -0.3 is 16.0 Å². The van der Waals surface area contributed by atoms with Crippen molar-refractivity contribution < 1.29 is 0 Å². The number of rotatable bonds is 5. The van der Waals surface area contributed by atoms with Crippen molar-refractivity contribution in [2.75, 3.05) is 14.1 Å². The van der Waals surface area contributed by atoms with Crippen molar-refractivity contribution in [3.8, 4) is 0 Å². The quantitative estimate of drug-likeness (QED) is 0.608. The van der Waals surface area contributed by atoms with Crippen molar-refractivity contribution in [3.63, 3.8) is 0 Å². The summed E-state index contributed by atoms with van der Waals surface area (Å²) in [6.07, 6.45) is 2.43. The molecule has 1 aliphatic carbocycles. The van der Waals surface area contributed by atoms with E-state index in [4.69, 9.17) is 5.73 Å². The molecule has 0 heterocycles. The molecular formula is C14H22N4. The summed E-state index contributed by atoms with van der Waals surface area (Å²) in [7, 11) is 4.14. The lowest BCUT2D eigenvalue weighted by Crippen LogP contribution is -2.33. The van der Waals surface area contributed by atoms with Gasteiger partial charge in [0.1, 0.15) is 0 Å². The number of hydrogen-bond acceptors (Lipinski definition) is 2.